The fourth-order valence-electron chi connectivity index (χ4n) is 1.97. The normalized spacial score (nSPS) is 10.4. The number of hydrogen-bond acceptors (Lipinski definition) is 2. The Morgan fingerprint density at radius 2 is 1.80 bits per heavy atom. The number of hydrogen-bond donors (Lipinski definition) is 1. The molecule has 3 rings (SSSR count). The molecule has 0 saturated carbocycles. The van der Waals surface area contributed by atoms with Crippen LogP contribution in [0.5, 0.6) is 0 Å². The van der Waals surface area contributed by atoms with Gasteiger partial charge in [-0.25, -0.2) is 0 Å². The number of carbonyl (C=O) groups is 1. The van der Waals surface area contributed by atoms with Crippen LogP contribution in [0.4, 0.5) is 0 Å². The minimum Gasteiger partial charge on any atom is -0.459 e. The number of furan rings is 1. The Kier molecular flexibility index (Phi) is 3.37. The Balaban J connectivity index is 1.63. The molecule has 20 heavy (non-hydrogen) atoms. The zero-order valence-electron chi connectivity index (χ0n) is 10.8. The predicted octanol–water partition coefficient (Wildman–Crippen LogP) is 3.00. The Bertz CT molecular complexity index is 668. The average molecular weight is 266 g/mol. The highest BCUT2D eigenvalue weighted by Gasteiger charge is 2.07. The van der Waals surface area contributed by atoms with Crippen LogP contribution in [0.2, 0.25) is 0 Å². The van der Waals surface area contributed by atoms with E-state index in [-0.39, 0.29) is 5.91 Å². The van der Waals surface area contributed by atoms with Gasteiger partial charge >= 0.3 is 0 Å². The molecule has 0 bridgehead atoms. The smallest absolute Gasteiger partial charge is 0.287 e. The van der Waals surface area contributed by atoms with Crippen LogP contribution in [-0.4, -0.2) is 10.5 Å². The number of nitrogens with one attached hydrogen (secondary N) is 1. The standard InChI is InChI=1S/C16H14N2O2/c19-16(15-4-3-11-20-15)17-12-13-5-7-14(8-6-13)18-9-1-2-10-18/h1-11H,12H2,(H,17,19). The lowest BCUT2D eigenvalue weighted by Gasteiger charge is -2.06. The summed E-state index contributed by atoms with van der Waals surface area (Å²) in [6.07, 6.45) is 5.47. The van der Waals surface area contributed by atoms with Crippen molar-refractivity contribution in [1.29, 1.82) is 0 Å². The second-order valence-corrected chi connectivity index (χ2v) is 4.42. The van der Waals surface area contributed by atoms with Gasteiger partial charge in [-0.05, 0) is 42.0 Å². The summed E-state index contributed by atoms with van der Waals surface area (Å²) in [5.74, 6) is 0.124. The largest absolute Gasteiger partial charge is 0.459 e. The lowest BCUT2D eigenvalue weighted by Crippen LogP contribution is -2.22. The lowest BCUT2D eigenvalue weighted by molar-refractivity contribution is 0.0923. The third-order valence-corrected chi connectivity index (χ3v) is 3.04. The van der Waals surface area contributed by atoms with Gasteiger partial charge in [-0.2, -0.15) is 0 Å². The first-order valence-corrected chi connectivity index (χ1v) is 6.37. The maximum Gasteiger partial charge on any atom is 0.287 e. The number of rotatable bonds is 4. The minimum absolute atomic E-state index is 0.204. The molecule has 2 heterocycles. The first-order chi connectivity index (χ1) is 9.83. The molecule has 0 saturated heterocycles. The molecule has 0 aliphatic rings. The number of aromatic nitrogens is 1. The van der Waals surface area contributed by atoms with Crippen molar-refractivity contribution in [3.8, 4) is 5.69 Å². The highest BCUT2D eigenvalue weighted by Crippen LogP contribution is 2.10. The monoisotopic (exact) mass is 266 g/mol. The highest BCUT2D eigenvalue weighted by molar-refractivity contribution is 5.91. The fourth-order valence-corrected chi connectivity index (χ4v) is 1.97. The summed E-state index contributed by atoms with van der Waals surface area (Å²) in [5, 5.41) is 2.82. The molecule has 0 atom stereocenters. The molecule has 0 radical (unpaired) electrons. The predicted molar refractivity (Wildman–Crippen MR) is 75.6 cm³/mol. The van der Waals surface area contributed by atoms with E-state index in [9.17, 15) is 4.79 Å². The van der Waals surface area contributed by atoms with E-state index >= 15 is 0 Å². The highest BCUT2D eigenvalue weighted by atomic mass is 16.3. The van der Waals surface area contributed by atoms with E-state index in [4.69, 9.17) is 4.42 Å². The van der Waals surface area contributed by atoms with Gasteiger partial charge in [0.1, 0.15) is 0 Å². The second kappa shape index (κ2) is 5.48. The maximum absolute atomic E-state index is 11.7. The van der Waals surface area contributed by atoms with E-state index in [0.717, 1.165) is 11.3 Å². The Morgan fingerprint density at radius 3 is 2.45 bits per heavy atom. The molecule has 1 aromatic carbocycles. The van der Waals surface area contributed by atoms with Gasteiger partial charge in [-0.1, -0.05) is 12.1 Å². The van der Waals surface area contributed by atoms with Gasteiger partial charge < -0.3 is 14.3 Å². The molecule has 4 heteroatoms. The van der Waals surface area contributed by atoms with Crippen molar-refractivity contribution in [2.45, 2.75) is 6.54 Å². The van der Waals surface area contributed by atoms with Gasteiger partial charge in [0.05, 0.1) is 6.26 Å². The maximum atomic E-state index is 11.7. The first kappa shape index (κ1) is 12.3. The molecule has 0 aliphatic carbocycles. The topological polar surface area (TPSA) is 47.2 Å². The van der Waals surface area contributed by atoms with Crippen LogP contribution in [0.1, 0.15) is 16.1 Å². The van der Waals surface area contributed by atoms with Gasteiger partial charge in [-0.3, -0.25) is 4.79 Å². The van der Waals surface area contributed by atoms with E-state index < -0.39 is 0 Å². The lowest BCUT2D eigenvalue weighted by atomic mass is 10.2. The molecule has 4 nitrogen and oxygen atoms in total. The van der Waals surface area contributed by atoms with E-state index in [1.807, 2.05) is 53.4 Å². The number of benzene rings is 1. The van der Waals surface area contributed by atoms with Crippen LogP contribution in [-0.2, 0) is 6.54 Å². The number of carbonyl (C=O) groups excluding carboxylic acids is 1. The molecule has 0 unspecified atom stereocenters. The van der Waals surface area contributed by atoms with Crippen LogP contribution >= 0.6 is 0 Å². The van der Waals surface area contributed by atoms with Gasteiger partial charge in [0.2, 0.25) is 0 Å². The summed E-state index contributed by atoms with van der Waals surface area (Å²) in [5.41, 5.74) is 2.14. The van der Waals surface area contributed by atoms with Gasteiger partial charge in [-0.15, -0.1) is 0 Å². The van der Waals surface area contributed by atoms with Crippen molar-refractivity contribution in [3.63, 3.8) is 0 Å². The van der Waals surface area contributed by atoms with Crippen molar-refractivity contribution in [2.24, 2.45) is 0 Å². The summed E-state index contributed by atoms with van der Waals surface area (Å²) >= 11 is 0. The molecule has 100 valence electrons. The Hall–Kier alpha value is -2.75. The summed E-state index contributed by atoms with van der Waals surface area (Å²) < 4.78 is 7.07. The van der Waals surface area contributed by atoms with Crippen molar-refractivity contribution >= 4 is 5.91 Å². The zero-order valence-corrected chi connectivity index (χ0v) is 10.8. The Labute approximate surface area is 116 Å². The Morgan fingerprint density at radius 1 is 1.05 bits per heavy atom. The van der Waals surface area contributed by atoms with E-state index in [0.29, 0.717) is 12.3 Å². The average Bonchev–Trinajstić information content (AvgIpc) is 3.18. The van der Waals surface area contributed by atoms with Crippen molar-refractivity contribution in [1.82, 2.24) is 9.88 Å². The van der Waals surface area contributed by atoms with Crippen LogP contribution < -0.4 is 5.32 Å². The first-order valence-electron chi connectivity index (χ1n) is 6.37. The van der Waals surface area contributed by atoms with Crippen LogP contribution in [0.15, 0.2) is 71.6 Å². The minimum atomic E-state index is -0.204. The quantitative estimate of drug-likeness (QED) is 0.789. The second-order valence-electron chi connectivity index (χ2n) is 4.42. The summed E-state index contributed by atoms with van der Waals surface area (Å²) in [6.45, 7) is 0.478. The molecule has 0 fully saturated rings. The van der Waals surface area contributed by atoms with Crippen LogP contribution in [0, 0.1) is 0 Å². The zero-order chi connectivity index (χ0) is 13.8. The molecule has 0 spiro atoms. The molecule has 1 N–H and O–H groups in total. The SMILES string of the molecule is O=C(NCc1ccc(-n2cccc2)cc1)c1ccco1. The summed E-state index contributed by atoms with van der Waals surface area (Å²) in [6, 6.07) is 15.3. The molecule has 1 amide bonds. The van der Waals surface area contributed by atoms with Gasteiger partial charge in [0.15, 0.2) is 5.76 Å². The van der Waals surface area contributed by atoms with E-state index in [1.54, 1.807) is 12.1 Å². The molecule has 0 aliphatic heterocycles. The van der Waals surface area contributed by atoms with Crippen molar-refractivity contribution in [2.75, 3.05) is 0 Å². The molecular weight excluding hydrogens is 252 g/mol. The summed E-state index contributed by atoms with van der Waals surface area (Å²) in [4.78, 5) is 11.7. The molecular formula is C16H14N2O2. The fraction of sp³-hybridized carbons (Fsp3) is 0.0625. The van der Waals surface area contributed by atoms with Crippen LogP contribution in [0.3, 0.4) is 0 Å². The van der Waals surface area contributed by atoms with E-state index in [2.05, 4.69) is 5.32 Å². The molecule has 2 aromatic heterocycles. The molecule has 3 aromatic rings. The van der Waals surface area contributed by atoms with Gasteiger partial charge in [0, 0.05) is 24.6 Å². The summed E-state index contributed by atoms with van der Waals surface area (Å²) in [7, 11) is 0. The van der Waals surface area contributed by atoms with Crippen molar-refractivity contribution in [3.05, 3.63) is 78.5 Å². The third-order valence-electron chi connectivity index (χ3n) is 3.04. The third kappa shape index (κ3) is 2.64. The van der Waals surface area contributed by atoms with Gasteiger partial charge in [0.25, 0.3) is 5.91 Å². The van der Waals surface area contributed by atoms with Crippen LogP contribution in [0.25, 0.3) is 5.69 Å². The van der Waals surface area contributed by atoms with E-state index in [1.165, 1.54) is 6.26 Å². The van der Waals surface area contributed by atoms with Crippen molar-refractivity contribution < 1.29 is 9.21 Å². The number of nitrogens with zero attached hydrogens (tertiary/aromatic N) is 1. The number of amides is 1.